The second-order valence-electron chi connectivity index (χ2n) is 5.20. The smallest absolute Gasteiger partial charge is 0.239 e. The first-order valence-corrected chi connectivity index (χ1v) is 8.49. The van der Waals surface area contributed by atoms with Crippen LogP contribution in [0.25, 0.3) is 0 Å². The van der Waals surface area contributed by atoms with Crippen LogP contribution in [0, 0.1) is 6.92 Å². The number of hydrogen-bond donors (Lipinski definition) is 1. The topological polar surface area (TPSA) is 80.5 Å². The number of likely N-dealkylation sites (N-methyl/N-ethyl adjacent to an activating group) is 1. The van der Waals surface area contributed by atoms with Gasteiger partial charge in [0.25, 0.3) is 0 Å². The molecule has 0 spiro atoms. The third kappa shape index (κ3) is 5.71. The van der Waals surface area contributed by atoms with Crippen LogP contribution in [0.1, 0.15) is 17.5 Å². The van der Waals surface area contributed by atoms with Crippen molar-refractivity contribution in [2.75, 3.05) is 19.1 Å². The number of amides is 1. The number of carbonyl (C=O) groups is 1. The predicted octanol–water partition coefficient (Wildman–Crippen LogP) is 0.715. The predicted molar refractivity (Wildman–Crippen MR) is 80.0 cm³/mol. The van der Waals surface area contributed by atoms with Crippen LogP contribution in [-0.4, -0.2) is 44.3 Å². The van der Waals surface area contributed by atoms with Gasteiger partial charge < -0.3 is 10.6 Å². The first kappa shape index (κ1) is 16.7. The summed E-state index contributed by atoms with van der Waals surface area (Å²) in [6, 6.07) is 7.11. The molecule has 20 heavy (non-hydrogen) atoms. The van der Waals surface area contributed by atoms with E-state index in [4.69, 9.17) is 5.73 Å². The van der Waals surface area contributed by atoms with Crippen molar-refractivity contribution in [2.45, 2.75) is 25.9 Å². The molecule has 0 aliphatic heterocycles. The van der Waals surface area contributed by atoms with Gasteiger partial charge in [0.15, 0.2) is 0 Å². The van der Waals surface area contributed by atoms with E-state index in [1.165, 1.54) is 4.90 Å². The lowest BCUT2D eigenvalue weighted by molar-refractivity contribution is -0.131. The van der Waals surface area contributed by atoms with Gasteiger partial charge >= 0.3 is 0 Å². The monoisotopic (exact) mass is 298 g/mol. The van der Waals surface area contributed by atoms with Gasteiger partial charge in [-0.3, -0.25) is 4.79 Å². The van der Waals surface area contributed by atoms with Crippen molar-refractivity contribution in [1.29, 1.82) is 0 Å². The summed E-state index contributed by atoms with van der Waals surface area (Å²) in [6.07, 6.45) is 1.29. The van der Waals surface area contributed by atoms with Crippen molar-refractivity contribution in [1.82, 2.24) is 4.90 Å². The molecule has 0 fully saturated rings. The van der Waals surface area contributed by atoms with E-state index in [1.807, 2.05) is 31.2 Å². The molecule has 1 rings (SSSR count). The van der Waals surface area contributed by atoms with Crippen molar-refractivity contribution in [3.8, 4) is 0 Å². The van der Waals surface area contributed by atoms with E-state index in [2.05, 4.69) is 0 Å². The van der Waals surface area contributed by atoms with Crippen molar-refractivity contribution < 1.29 is 13.2 Å². The number of nitrogens with two attached hydrogens (primary N) is 1. The van der Waals surface area contributed by atoms with Gasteiger partial charge in [-0.15, -0.1) is 0 Å². The minimum atomic E-state index is -3.09. The summed E-state index contributed by atoms with van der Waals surface area (Å²) in [5.74, 6) is -0.313. The second kappa shape index (κ2) is 6.85. The fourth-order valence-electron chi connectivity index (χ4n) is 1.79. The van der Waals surface area contributed by atoms with Gasteiger partial charge in [-0.1, -0.05) is 29.8 Å². The number of hydrogen-bond acceptors (Lipinski definition) is 4. The SMILES string of the molecule is Cc1ccc(CN(C)C(=O)C(N)CCS(C)(=O)=O)cc1. The van der Waals surface area contributed by atoms with Crippen molar-refractivity contribution in [3.05, 3.63) is 35.4 Å². The fourth-order valence-corrected chi connectivity index (χ4v) is 2.47. The molecule has 0 saturated carbocycles. The Bertz CT molecular complexity index is 552. The molecule has 1 aromatic carbocycles. The molecule has 1 unspecified atom stereocenters. The number of aryl methyl sites for hydroxylation is 1. The molecule has 0 saturated heterocycles. The summed E-state index contributed by atoms with van der Waals surface area (Å²) >= 11 is 0. The molecule has 0 heterocycles. The average molecular weight is 298 g/mol. The van der Waals surface area contributed by atoms with Crippen LogP contribution < -0.4 is 5.73 Å². The van der Waals surface area contributed by atoms with Crippen LogP contribution in [0.4, 0.5) is 0 Å². The molecule has 0 aromatic heterocycles. The normalized spacial score (nSPS) is 13.0. The molecule has 0 aliphatic rings. The number of rotatable bonds is 6. The van der Waals surface area contributed by atoms with Gasteiger partial charge in [-0.05, 0) is 18.9 Å². The molecular weight excluding hydrogens is 276 g/mol. The van der Waals surface area contributed by atoms with Crippen molar-refractivity contribution in [3.63, 3.8) is 0 Å². The standard InChI is InChI=1S/C14H22N2O3S/c1-11-4-6-12(7-5-11)10-16(2)14(17)13(15)8-9-20(3,18)19/h4-7,13H,8-10,15H2,1-3H3. The van der Waals surface area contributed by atoms with Crippen LogP contribution in [0.2, 0.25) is 0 Å². The summed E-state index contributed by atoms with van der Waals surface area (Å²) in [5, 5.41) is 0. The largest absolute Gasteiger partial charge is 0.340 e. The lowest BCUT2D eigenvalue weighted by Crippen LogP contribution is -2.42. The van der Waals surface area contributed by atoms with Gasteiger partial charge in [0, 0.05) is 19.8 Å². The Hall–Kier alpha value is -1.40. The van der Waals surface area contributed by atoms with Crippen LogP contribution in [0.3, 0.4) is 0 Å². The van der Waals surface area contributed by atoms with Crippen LogP contribution in [-0.2, 0) is 21.2 Å². The molecular formula is C14H22N2O3S. The molecule has 112 valence electrons. The van der Waals surface area contributed by atoms with Gasteiger partial charge in [-0.2, -0.15) is 0 Å². The molecule has 0 radical (unpaired) electrons. The van der Waals surface area contributed by atoms with E-state index in [0.717, 1.165) is 17.4 Å². The van der Waals surface area contributed by atoms with Crippen LogP contribution in [0.15, 0.2) is 24.3 Å². The summed E-state index contributed by atoms with van der Waals surface area (Å²) in [6.45, 7) is 2.46. The van der Waals surface area contributed by atoms with E-state index in [0.29, 0.717) is 6.54 Å². The highest BCUT2D eigenvalue weighted by atomic mass is 32.2. The Balaban J connectivity index is 2.55. The van der Waals surface area contributed by atoms with E-state index >= 15 is 0 Å². The Morgan fingerprint density at radius 1 is 1.30 bits per heavy atom. The minimum absolute atomic E-state index is 0.0712. The highest BCUT2D eigenvalue weighted by Crippen LogP contribution is 2.07. The number of nitrogens with zero attached hydrogens (tertiary/aromatic N) is 1. The molecule has 0 aliphatic carbocycles. The van der Waals surface area contributed by atoms with E-state index < -0.39 is 15.9 Å². The van der Waals surface area contributed by atoms with Crippen molar-refractivity contribution >= 4 is 15.7 Å². The highest BCUT2D eigenvalue weighted by molar-refractivity contribution is 7.90. The zero-order valence-electron chi connectivity index (χ0n) is 12.2. The first-order chi connectivity index (χ1) is 9.19. The average Bonchev–Trinajstić information content (AvgIpc) is 2.36. The molecule has 6 heteroatoms. The maximum absolute atomic E-state index is 12.0. The summed E-state index contributed by atoms with van der Waals surface area (Å²) in [4.78, 5) is 13.6. The first-order valence-electron chi connectivity index (χ1n) is 6.43. The molecule has 2 N–H and O–H groups in total. The lowest BCUT2D eigenvalue weighted by Gasteiger charge is -2.21. The van der Waals surface area contributed by atoms with Gasteiger partial charge in [0.05, 0.1) is 11.8 Å². The van der Waals surface area contributed by atoms with Gasteiger partial charge in [0.2, 0.25) is 5.91 Å². The maximum Gasteiger partial charge on any atom is 0.239 e. The zero-order chi connectivity index (χ0) is 15.3. The van der Waals surface area contributed by atoms with E-state index in [1.54, 1.807) is 7.05 Å². The zero-order valence-corrected chi connectivity index (χ0v) is 13.0. The summed E-state index contributed by atoms with van der Waals surface area (Å²) in [5.41, 5.74) is 7.92. The molecule has 1 atom stereocenters. The Morgan fingerprint density at radius 3 is 2.35 bits per heavy atom. The fraction of sp³-hybridized carbons (Fsp3) is 0.500. The number of benzene rings is 1. The van der Waals surface area contributed by atoms with Crippen LogP contribution in [0.5, 0.6) is 0 Å². The van der Waals surface area contributed by atoms with E-state index in [9.17, 15) is 13.2 Å². The lowest BCUT2D eigenvalue weighted by atomic mass is 10.1. The Morgan fingerprint density at radius 2 is 1.85 bits per heavy atom. The second-order valence-corrected chi connectivity index (χ2v) is 7.46. The maximum atomic E-state index is 12.0. The highest BCUT2D eigenvalue weighted by Gasteiger charge is 2.19. The third-order valence-electron chi connectivity index (χ3n) is 3.03. The van der Waals surface area contributed by atoms with Crippen LogP contribution >= 0.6 is 0 Å². The molecule has 1 amide bonds. The number of sulfone groups is 1. The quantitative estimate of drug-likeness (QED) is 0.839. The number of carbonyl (C=O) groups excluding carboxylic acids is 1. The molecule has 5 nitrogen and oxygen atoms in total. The summed E-state index contributed by atoms with van der Waals surface area (Å²) < 4.78 is 22.1. The minimum Gasteiger partial charge on any atom is -0.340 e. The molecule has 1 aromatic rings. The summed E-state index contributed by atoms with van der Waals surface area (Å²) in [7, 11) is -1.42. The van der Waals surface area contributed by atoms with Gasteiger partial charge in [0.1, 0.15) is 9.84 Å². The Labute approximate surface area is 120 Å². The Kier molecular flexibility index (Phi) is 5.71. The van der Waals surface area contributed by atoms with E-state index in [-0.39, 0.29) is 18.1 Å². The third-order valence-corrected chi connectivity index (χ3v) is 4.01. The molecule has 0 bridgehead atoms. The van der Waals surface area contributed by atoms with Gasteiger partial charge in [-0.25, -0.2) is 8.42 Å². The van der Waals surface area contributed by atoms with Crippen molar-refractivity contribution in [2.24, 2.45) is 5.73 Å².